The summed E-state index contributed by atoms with van der Waals surface area (Å²) in [5.74, 6) is -1.56. The number of anilines is 2. The van der Waals surface area contributed by atoms with Crippen LogP contribution in [0.4, 0.5) is 20.6 Å². The number of hydrogen-bond acceptors (Lipinski definition) is 6. The molecule has 9 nitrogen and oxygen atoms in total. The lowest BCUT2D eigenvalue weighted by atomic mass is 10.1. The van der Waals surface area contributed by atoms with Gasteiger partial charge in [0.1, 0.15) is 17.6 Å². The van der Waals surface area contributed by atoms with Crippen molar-refractivity contribution in [2.45, 2.75) is 19.0 Å². The van der Waals surface area contributed by atoms with Gasteiger partial charge in [-0.25, -0.2) is 18.9 Å². The van der Waals surface area contributed by atoms with Crippen molar-refractivity contribution in [3.63, 3.8) is 0 Å². The number of hydrogen-bond donors (Lipinski definition) is 1. The van der Waals surface area contributed by atoms with E-state index in [1.54, 1.807) is 24.3 Å². The summed E-state index contributed by atoms with van der Waals surface area (Å²) in [5.41, 5.74) is 1.62. The van der Waals surface area contributed by atoms with Gasteiger partial charge in [-0.05, 0) is 54.1 Å². The smallest absolute Gasteiger partial charge is 0.337 e. The Kier molecular flexibility index (Phi) is 7.47. The van der Waals surface area contributed by atoms with Gasteiger partial charge >= 0.3 is 12.0 Å². The van der Waals surface area contributed by atoms with Crippen LogP contribution in [0.1, 0.15) is 22.3 Å². The SMILES string of the molecule is COC(=O)c1ccc(NC(=O)C[C@@H]2C(=O)N(c3cccc(OC)c3)C(=O)N2Cc2ccc(F)cc2)cc1. The lowest BCUT2D eigenvalue weighted by Crippen LogP contribution is -2.37. The minimum atomic E-state index is -1.10. The minimum absolute atomic E-state index is 0.00288. The third-order valence-corrected chi connectivity index (χ3v) is 5.86. The number of nitrogens with zero attached hydrogens (tertiary/aromatic N) is 2. The fourth-order valence-electron chi connectivity index (χ4n) is 3.98. The van der Waals surface area contributed by atoms with Crippen LogP contribution in [0, 0.1) is 5.82 Å². The first-order valence-electron chi connectivity index (χ1n) is 11.3. The Labute approximate surface area is 212 Å². The molecule has 37 heavy (non-hydrogen) atoms. The third-order valence-electron chi connectivity index (χ3n) is 5.86. The molecule has 3 aromatic rings. The normalized spacial score (nSPS) is 15.1. The first kappa shape index (κ1) is 25.4. The second-order valence-electron chi connectivity index (χ2n) is 8.25. The Hall–Kier alpha value is -4.73. The Morgan fingerprint density at radius 2 is 1.68 bits per heavy atom. The number of benzene rings is 3. The number of esters is 1. The molecule has 1 aliphatic heterocycles. The van der Waals surface area contributed by atoms with Gasteiger partial charge in [0.25, 0.3) is 5.91 Å². The number of carbonyl (C=O) groups is 4. The van der Waals surface area contributed by atoms with Crippen LogP contribution in [-0.4, -0.2) is 49.0 Å². The van der Waals surface area contributed by atoms with E-state index in [0.717, 1.165) is 4.90 Å². The minimum Gasteiger partial charge on any atom is -0.497 e. The summed E-state index contributed by atoms with van der Waals surface area (Å²) < 4.78 is 23.3. The Bertz CT molecular complexity index is 1330. The second kappa shape index (κ2) is 10.9. The number of imide groups is 1. The predicted molar refractivity (Wildman–Crippen MR) is 133 cm³/mol. The van der Waals surface area contributed by atoms with Crippen LogP contribution in [0.5, 0.6) is 5.75 Å². The standard InChI is InChI=1S/C27H24FN3O6/c1-36-22-5-3-4-21(14-22)31-25(33)23(30(27(31)35)16-17-6-10-19(28)11-7-17)15-24(32)29-20-12-8-18(9-13-20)26(34)37-2/h3-14,23H,15-16H2,1-2H3,(H,29,32)/t23-/m1/s1. The van der Waals surface area contributed by atoms with Crippen LogP contribution in [0.2, 0.25) is 0 Å². The van der Waals surface area contributed by atoms with E-state index < -0.39 is 35.7 Å². The number of amides is 4. The monoisotopic (exact) mass is 505 g/mol. The molecule has 1 saturated heterocycles. The largest absolute Gasteiger partial charge is 0.497 e. The Morgan fingerprint density at radius 1 is 0.973 bits per heavy atom. The molecule has 0 bridgehead atoms. The van der Waals surface area contributed by atoms with Crippen molar-refractivity contribution in [1.29, 1.82) is 0 Å². The molecule has 190 valence electrons. The van der Waals surface area contributed by atoms with Gasteiger partial charge in [-0.15, -0.1) is 0 Å². The van der Waals surface area contributed by atoms with Gasteiger partial charge in [0, 0.05) is 18.3 Å². The van der Waals surface area contributed by atoms with E-state index >= 15 is 0 Å². The molecule has 3 aromatic carbocycles. The van der Waals surface area contributed by atoms with Crippen LogP contribution in [0.3, 0.4) is 0 Å². The van der Waals surface area contributed by atoms with E-state index in [0.29, 0.717) is 28.3 Å². The highest BCUT2D eigenvalue weighted by molar-refractivity contribution is 6.22. The Morgan fingerprint density at radius 3 is 2.32 bits per heavy atom. The molecule has 1 fully saturated rings. The number of methoxy groups -OCH3 is 2. The van der Waals surface area contributed by atoms with Gasteiger partial charge < -0.3 is 19.7 Å². The average Bonchev–Trinajstić information content (AvgIpc) is 3.13. The summed E-state index contributed by atoms with van der Waals surface area (Å²) in [4.78, 5) is 53.7. The lowest BCUT2D eigenvalue weighted by Gasteiger charge is -2.21. The molecule has 4 amide bonds. The first-order chi connectivity index (χ1) is 17.8. The van der Waals surface area contributed by atoms with Crippen LogP contribution in [0.25, 0.3) is 0 Å². The van der Waals surface area contributed by atoms with Crippen molar-refractivity contribution in [3.8, 4) is 5.75 Å². The number of ether oxygens (including phenoxy) is 2. The topological polar surface area (TPSA) is 105 Å². The highest BCUT2D eigenvalue weighted by Gasteiger charge is 2.46. The van der Waals surface area contributed by atoms with Gasteiger partial charge in [-0.1, -0.05) is 18.2 Å². The maximum Gasteiger partial charge on any atom is 0.337 e. The van der Waals surface area contributed by atoms with E-state index in [9.17, 15) is 23.6 Å². The van der Waals surface area contributed by atoms with E-state index in [4.69, 9.17) is 4.74 Å². The number of urea groups is 1. The molecule has 0 spiro atoms. The average molecular weight is 506 g/mol. The maximum absolute atomic E-state index is 13.4. The van der Waals surface area contributed by atoms with Crippen molar-refractivity contribution in [2.75, 3.05) is 24.4 Å². The quantitative estimate of drug-likeness (QED) is 0.367. The van der Waals surface area contributed by atoms with Crippen LogP contribution < -0.4 is 15.0 Å². The number of carbonyl (C=O) groups excluding carboxylic acids is 4. The van der Waals surface area contributed by atoms with Crippen molar-refractivity contribution in [2.24, 2.45) is 0 Å². The summed E-state index contributed by atoms with van der Waals surface area (Å²) in [6.45, 7) is -0.00288. The zero-order chi connectivity index (χ0) is 26.5. The predicted octanol–water partition coefficient (Wildman–Crippen LogP) is 3.99. The van der Waals surface area contributed by atoms with Crippen molar-refractivity contribution < 1.29 is 33.0 Å². The summed E-state index contributed by atoms with van der Waals surface area (Å²) in [5, 5.41) is 2.68. The highest BCUT2D eigenvalue weighted by Crippen LogP contribution is 2.30. The van der Waals surface area contributed by atoms with Crippen LogP contribution in [0.15, 0.2) is 72.8 Å². The van der Waals surface area contributed by atoms with Crippen molar-refractivity contribution in [3.05, 3.63) is 89.7 Å². The van der Waals surface area contributed by atoms with E-state index in [1.807, 2.05) is 0 Å². The molecule has 1 aliphatic rings. The van der Waals surface area contributed by atoms with Crippen LogP contribution >= 0.6 is 0 Å². The zero-order valence-corrected chi connectivity index (χ0v) is 20.1. The molecule has 0 unspecified atom stereocenters. The number of rotatable bonds is 8. The van der Waals surface area contributed by atoms with Gasteiger partial charge in [0.05, 0.1) is 31.9 Å². The zero-order valence-electron chi connectivity index (χ0n) is 20.1. The van der Waals surface area contributed by atoms with Crippen molar-refractivity contribution in [1.82, 2.24) is 4.90 Å². The molecule has 0 aromatic heterocycles. The lowest BCUT2D eigenvalue weighted by molar-refractivity contribution is -0.124. The molecule has 1 N–H and O–H groups in total. The van der Waals surface area contributed by atoms with E-state index in [2.05, 4.69) is 10.1 Å². The molecular formula is C27H24FN3O6. The van der Waals surface area contributed by atoms with E-state index in [-0.39, 0.29) is 13.0 Å². The van der Waals surface area contributed by atoms with Crippen molar-refractivity contribution >= 4 is 35.2 Å². The molecule has 1 heterocycles. The molecule has 0 saturated carbocycles. The summed E-state index contributed by atoms with van der Waals surface area (Å²) in [7, 11) is 2.74. The molecule has 1 atom stereocenters. The first-order valence-corrected chi connectivity index (χ1v) is 11.3. The van der Waals surface area contributed by atoms with Crippen LogP contribution in [-0.2, 0) is 20.9 Å². The Balaban J connectivity index is 1.57. The molecule has 0 aliphatic carbocycles. The van der Waals surface area contributed by atoms with Gasteiger partial charge in [-0.3, -0.25) is 9.59 Å². The number of halogens is 1. The molecule has 0 radical (unpaired) electrons. The number of nitrogens with one attached hydrogen (secondary N) is 1. The fourth-order valence-corrected chi connectivity index (χ4v) is 3.98. The molecule has 4 rings (SSSR count). The summed E-state index contributed by atoms with van der Waals surface area (Å²) in [6.07, 6.45) is -0.314. The summed E-state index contributed by atoms with van der Waals surface area (Å²) in [6, 6.07) is 16.4. The maximum atomic E-state index is 13.4. The van der Waals surface area contributed by atoms with Gasteiger partial charge in [0.2, 0.25) is 5.91 Å². The second-order valence-corrected chi connectivity index (χ2v) is 8.25. The highest BCUT2D eigenvalue weighted by atomic mass is 19.1. The fraction of sp³-hybridized carbons (Fsp3) is 0.185. The molecule has 10 heteroatoms. The summed E-state index contributed by atoms with van der Waals surface area (Å²) >= 11 is 0. The van der Waals surface area contributed by atoms with Gasteiger partial charge in [-0.2, -0.15) is 0 Å². The van der Waals surface area contributed by atoms with Gasteiger partial charge in [0.15, 0.2) is 0 Å². The third kappa shape index (κ3) is 5.58. The van der Waals surface area contributed by atoms with E-state index in [1.165, 1.54) is 67.7 Å². The molecular weight excluding hydrogens is 481 g/mol.